The van der Waals surface area contributed by atoms with Crippen molar-refractivity contribution in [2.45, 2.75) is 13.0 Å². The van der Waals surface area contributed by atoms with Crippen LogP contribution in [0.15, 0.2) is 60.2 Å². The zero-order valence-corrected chi connectivity index (χ0v) is 15.1. The van der Waals surface area contributed by atoms with Gasteiger partial charge >= 0.3 is 0 Å². The average Bonchev–Trinajstić information content (AvgIpc) is 3.10. The van der Waals surface area contributed by atoms with Crippen molar-refractivity contribution < 1.29 is 9.59 Å². The number of rotatable bonds is 6. The molecule has 0 bridgehead atoms. The van der Waals surface area contributed by atoms with Gasteiger partial charge in [0.15, 0.2) is 5.13 Å². The van der Waals surface area contributed by atoms with Crippen LogP contribution in [0.5, 0.6) is 0 Å². The van der Waals surface area contributed by atoms with Gasteiger partial charge in [0.25, 0.3) is 5.91 Å². The quantitative estimate of drug-likeness (QED) is 0.728. The molecule has 0 atom stereocenters. The number of likely N-dealkylation sites (N-methyl/N-ethyl adjacent to an activating group) is 1. The normalized spacial score (nSPS) is 10.3. The van der Waals surface area contributed by atoms with Crippen LogP contribution in [0.4, 0.5) is 5.13 Å². The first kappa shape index (κ1) is 17.8. The van der Waals surface area contributed by atoms with Crippen LogP contribution in [0.3, 0.4) is 0 Å². The first-order chi connectivity index (χ1) is 12.6. The zero-order chi connectivity index (χ0) is 18.4. The molecule has 0 aliphatic rings. The molecule has 0 aliphatic carbocycles. The second-order valence-corrected chi connectivity index (χ2v) is 6.60. The van der Waals surface area contributed by atoms with Gasteiger partial charge in [-0.15, -0.1) is 11.3 Å². The number of thiazole rings is 1. The lowest BCUT2D eigenvalue weighted by Gasteiger charge is -2.16. The van der Waals surface area contributed by atoms with Crippen molar-refractivity contribution in [1.82, 2.24) is 14.9 Å². The number of carbonyl (C=O) groups is 2. The largest absolute Gasteiger partial charge is 0.341 e. The molecule has 0 saturated heterocycles. The molecule has 0 radical (unpaired) electrons. The third-order valence-electron chi connectivity index (χ3n) is 3.74. The summed E-state index contributed by atoms with van der Waals surface area (Å²) in [6.07, 6.45) is 3.60. The van der Waals surface area contributed by atoms with Gasteiger partial charge in [-0.05, 0) is 29.8 Å². The monoisotopic (exact) mass is 366 g/mol. The number of hydrogen-bond donors (Lipinski definition) is 1. The minimum atomic E-state index is -0.215. The van der Waals surface area contributed by atoms with Crippen molar-refractivity contribution in [3.8, 4) is 0 Å². The fraction of sp³-hybridized carbons (Fsp3) is 0.158. The summed E-state index contributed by atoms with van der Waals surface area (Å²) in [4.78, 5) is 34.4. The van der Waals surface area contributed by atoms with E-state index in [9.17, 15) is 9.59 Å². The van der Waals surface area contributed by atoms with E-state index in [4.69, 9.17) is 0 Å². The molecule has 0 fully saturated rings. The molecule has 0 unspecified atom stereocenters. The van der Waals surface area contributed by atoms with Crippen LogP contribution in [0, 0.1) is 0 Å². The Labute approximate surface area is 155 Å². The van der Waals surface area contributed by atoms with Gasteiger partial charge in [0.1, 0.15) is 0 Å². The van der Waals surface area contributed by atoms with Crippen LogP contribution in [0.2, 0.25) is 0 Å². The molecule has 0 saturated carbocycles. The molecule has 7 heteroatoms. The Kier molecular flexibility index (Phi) is 5.70. The van der Waals surface area contributed by atoms with E-state index in [-0.39, 0.29) is 18.2 Å². The van der Waals surface area contributed by atoms with Gasteiger partial charge in [0, 0.05) is 36.9 Å². The molecule has 3 aromatic rings. The van der Waals surface area contributed by atoms with E-state index in [1.165, 1.54) is 11.3 Å². The third-order valence-corrected chi connectivity index (χ3v) is 4.54. The Morgan fingerprint density at radius 1 is 1.12 bits per heavy atom. The average molecular weight is 366 g/mol. The van der Waals surface area contributed by atoms with Crippen LogP contribution in [-0.4, -0.2) is 33.7 Å². The van der Waals surface area contributed by atoms with Crippen LogP contribution >= 0.6 is 11.3 Å². The minimum Gasteiger partial charge on any atom is -0.341 e. The molecule has 2 heterocycles. The van der Waals surface area contributed by atoms with E-state index in [1.807, 2.05) is 18.2 Å². The number of amides is 2. The third kappa shape index (κ3) is 4.73. The Bertz CT molecular complexity index is 881. The summed E-state index contributed by atoms with van der Waals surface area (Å²) < 4.78 is 0. The Morgan fingerprint density at radius 3 is 2.58 bits per heavy atom. The lowest BCUT2D eigenvalue weighted by molar-refractivity contribution is -0.129. The van der Waals surface area contributed by atoms with Crippen molar-refractivity contribution in [3.63, 3.8) is 0 Å². The highest BCUT2D eigenvalue weighted by molar-refractivity contribution is 7.14. The maximum Gasteiger partial charge on any atom is 0.257 e. The molecule has 26 heavy (non-hydrogen) atoms. The molecule has 1 N–H and O–H groups in total. The molecular formula is C19H18N4O2S. The smallest absolute Gasteiger partial charge is 0.257 e. The second-order valence-electron chi connectivity index (χ2n) is 5.75. The number of nitrogens with one attached hydrogen (secondary N) is 1. The Morgan fingerprint density at radius 2 is 1.85 bits per heavy atom. The molecule has 2 aromatic heterocycles. The first-order valence-corrected chi connectivity index (χ1v) is 8.93. The summed E-state index contributed by atoms with van der Waals surface area (Å²) in [6.45, 7) is 0.517. The van der Waals surface area contributed by atoms with Gasteiger partial charge in [-0.1, -0.05) is 18.2 Å². The SMILES string of the molecule is CN(Cc1ccncc1)C(=O)Cc1csc(NC(=O)c2ccccc2)n1. The molecule has 3 rings (SSSR count). The van der Waals surface area contributed by atoms with Crippen LogP contribution in [-0.2, 0) is 17.8 Å². The van der Waals surface area contributed by atoms with Gasteiger partial charge in [-0.3, -0.25) is 19.9 Å². The topological polar surface area (TPSA) is 75.2 Å². The van der Waals surface area contributed by atoms with E-state index in [0.29, 0.717) is 22.9 Å². The van der Waals surface area contributed by atoms with Gasteiger partial charge in [0.05, 0.1) is 12.1 Å². The number of benzene rings is 1. The number of pyridine rings is 1. The van der Waals surface area contributed by atoms with Gasteiger partial charge in [0.2, 0.25) is 5.91 Å². The minimum absolute atomic E-state index is 0.0342. The molecule has 2 amide bonds. The fourth-order valence-electron chi connectivity index (χ4n) is 2.34. The number of hydrogen-bond acceptors (Lipinski definition) is 5. The predicted octanol–water partition coefficient (Wildman–Crippen LogP) is 2.99. The van der Waals surface area contributed by atoms with E-state index in [2.05, 4.69) is 15.3 Å². The molecule has 1 aromatic carbocycles. The summed E-state index contributed by atoms with van der Waals surface area (Å²) in [7, 11) is 1.76. The molecule has 0 aliphatic heterocycles. The van der Waals surface area contributed by atoms with E-state index < -0.39 is 0 Å². The summed E-state index contributed by atoms with van der Waals surface area (Å²) in [5.41, 5.74) is 2.23. The second kappa shape index (κ2) is 8.35. The van der Waals surface area contributed by atoms with Crippen molar-refractivity contribution in [1.29, 1.82) is 0 Å². The van der Waals surface area contributed by atoms with Crippen LogP contribution in [0.25, 0.3) is 0 Å². The first-order valence-electron chi connectivity index (χ1n) is 8.05. The summed E-state index contributed by atoms with van der Waals surface area (Å²) >= 11 is 1.31. The standard InChI is InChI=1S/C19H18N4O2S/c1-23(12-14-7-9-20-10-8-14)17(24)11-16-13-26-19(21-16)22-18(25)15-5-3-2-4-6-15/h2-10,13H,11-12H2,1H3,(H,21,22,25). The van der Waals surface area contributed by atoms with Gasteiger partial charge in [-0.25, -0.2) is 4.98 Å². The van der Waals surface area contributed by atoms with Crippen LogP contribution < -0.4 is 5.32 Å². The summed E-state index contributed by atoms with van der Waals surface area (Å²) in [5.74, 6) is -0.249. The highest BCUT2D eigenvalue weighted by Gasteiger charge is 2.14. The number of anilines is 1. The molecule has 6 nitrogen and oxygen atoms in total. The maximum atomic E-state index is 12.4. The van der Waals surface area contributed by atoms with Gasteiger partial charge in [-0.2, -0.15) is 0 Å². The van der Waals surface area contributed by atoms with Crippen molar-refractivity contribution >= 4 is 28.3 Å². The highest BCUT2D eigenvalue weighted by Crippen LogP contribution is 2.17. The summed E-state index contributed by atoms with van der Waals surface area (Å²) in [6, 6.07) is 12.7. The van der Waals surface area contributed by atoms with E-state index in [0.717, 1.165) is 5.56 Å². The van der Waals surface area contributed by atoms with E-state index in [1.54, 1.807) is 54.0 Å². The number of carbonyl (C=O) groups excluding carboxylic acids is 2. The van der Waals surface area contributed by atoms with Gasteiger partial charge < -0.3 is 4.90 Å². The predicted molar refractivity (Wildman–Crippen MR) is 101 cm³/mol. The summed E-state index contributed by atoms with van der Waals surface area (Å²) in [5, 5.41) is 5.03. The highest BCUT2D eigenvalue weighted by atomic mass is 32.1. The molecular weight excluding hydrogens is 348 g/mol. The van der Waals surface area contributed by atoms with Crippen molar-refractivity contribution in [2.24, 2.45) is 0 Å². The van der Waals surface area contributed by atoms with Crippen LogP contribution in [0.1, 0.15) is 21.6 Å². The zero-order valence-electron chi connectivity index (χ0n) is 14.3. The lowest BCUT2D eigenvalue weighted by atomic mass is 10.2. The fourth-order valence-corrected chi connectivity index (χ4v) is 3.05. The van der Waals surface area contributed by atoms with Crippen molar-refractivity contribution in [2.75, 3.05) is 12.4 Å². The number of aromatic nitrogens is 2. The lowest BCUT2D eigenvalue weighted by Crippen LogP contribution is -2.27. The van der Waals surface area contributed by atoms with E-state index >= 15 is 0 Å². The number of nitrogens with zero attached hydrogens (tertiary/aromatic N) is 3. The molecule has 132 valence electrons. The Balaban J connectivity index is 1.56. The molecule has 0 spiro atoms. The Hall–Kier alpha value is -3.06. The van der Waals surface area contributed by atoms with Crippen molar-refractivity contribution in [3.05, 3.63) is 77.1 Å². The maximum absolute atomic E-state index is 12.4.